The van der Waals surface area contributed by atoms with Crippen LogP contribution in [0.3, 0.4) is 0 Å². The number of carbonyl (C=O) groups is 1. The van der Waals surface area contributed by atoms with Gasteiger partial charge >= 0.3 is 35.5 Å². The summed E-state index contributed by atoms with van der Waals surface area (Å²) < 4.78 is 4.32. The quantitative estimate of drug-likeness (QED) is 0.316. The Hall–Kier alpha value is 0.430. The number of hydrogen-bond donors (Lipinski definition) is 0. The third-order valence-corrected chi connectivity index (χ3v) is 0.983. The van der Waals surface area contributed by atoms with E-state index in [-0.39, 0.29) is 41.9 Å². The van der Waals surface area contributed by atoms with Crippen LogP contribution < -0.4 is 34.7 Å². The molecule has 0 rings (SSSR count). The van der Waals surface area contributed by atoms with Gasteiger partial charge in [-0.15, -0.1) is 6.10 Å². The van der Waals surface area contributed by atoms with Crippen LogP contribution in [0.4, 0.5) is 0 Å². The topological polar surface area (TPSA) is 49.4 Å². The van der Waals surface area contributed by atoms with Crippen LogP contribution in [-0.2, 0) is 9.53 Å². The van der Waals surface area contributed by atoms with Gasteiger partial charge in [-0.05, 0) is 0 Å². The maximum Gasteiger partial charge on any atom is 1.00 e. The first-order chi connectivity index (χ1) is 4.16. The maximum absolute atomic E-state index is 10.4. The molecule has 0 spiro atoms. The zero-order chi connectivity index (χ0) is 7.28. The Kier molecular flexibility index (Phi) is 9.84. The first kappa shape index (κ1) is 13.1. The Morgan fingerprint density at radius 3 is 2.50 bits per heavy atom. The van der Waals surface area contributed by atoms with Crippen LogP contribution >= 0.6 is 0 Å². The van der Waals surface area contributed by atoms with Crippen LogP contribution in [0.15, 0.2) is 0 Å². The normalized spacial score (nSPS) is 11.5. The van der Waals surface area contributed by atoms with Crippen molar-refractivity contribution in [2.45, 2.75) is 25.9 Å². The molecule has 0 aliphatic rings. The van der Waals surface area contributed by atoms with Crippen molar-refractivity contribution >= 4 is 5.97 Å². The summed E-state index contributed by atoms with van der Waals surface area (Å²) in [6.45, 7) is 1.53. The monoisotopic (exact) mass is 154 g/mol. The van der Waals surface area contributed by atoms with Gasteiger partial charge in [0, 0.05) is 6.42 Å². The molecule has 0 saturated carbocycles. The molecular weight excluding hydrogens is 143 g/mol. The summed E-state index contributed by atoms with van der Waals surface area (Å²) >= 11 is 0. The number of ether oxygens (including phenoxy) is 1. The van der Waals surface area contributed by atoms with E-state index in [1.807, 2.05) is 0 Å². The molecule has 1 unspecified atom stereocenters. The third kappa shape index (κ3) is 8.43. The minimum atomic E-state index is -0.663. The van der Waals surface area contributed by atoms with E-state index in [0.717, 1.165) is 0 Å². The van der Waals surface area contributed by atoms with Crippen molar-refractivity contribution in [2.75, 3.05) is 7.11 Å². The molecule has 54 valence electrons. The maximum atomic E-state index is 10.4. The average molecular weight is 154 g/mol. The van der Waals surface area contributed by atoms with Crippen molar-refractivity contribution < 1.29 is 44.2 Å². The molecule has 0 aromatic heterocycles. The van der Waals surface area contributed by atoms with Crippen LogP contribution in [0.2, 0.25) is 0 Å². The van der Waals surface area contributed by atoms with Gasteiger partial charge in [-0.2, -0.15) is 0 Å². The molecule has 10 heavy (non-hydrogen) atoms. The van der Waals surface area contributed by atoms with Crippen LogP contribution in [0, 0.1) is 0 Å². The summed E-state index contributed by atoms with van der Waals surface area (Å²) in [4.78, 5) is 10.4. The first-order valence-electron chi connectivity index (χ1n) is 2.89. The smallest absolute Gasteiger partial charge is 0.852 e. The number of carbonyl (C=O) groups excluding carboxylic acids is 1. The molecule has 0 radical (unpaired) electrons. The Labute approximate surface area is 83.0 Å². The van der Waals surface area contributed by atoms with Gasteiger partial charge in [0.05, 0.1) is 7.11 Å². The fraction of sp³-hybridized carbons (Fsp3) is 0.833. The second-order valence-corrected chi connectivity index (χ2v) is 1.93. The largest absolute Gasteiger partial charge is 1.00 e. The van der Waals surface area contributed by atoms with Gasteiger partial charge in [-0.1, -0.05) is 13.3 Å². The zero-order valence-electron chi connectivity index (χ0n) is 6.72. The van der Waals surface area contributed by atoms with Gasteiger partial charge in [-0.25, -0.2) is 0 Å². The fourth-order valence-electron chi connectivity index (χ4n) is 0.423. The zero-order valence-corrected chi connectivity index (χ0v) is 8.72. The summed E-state index contributed by atoms with van der Waals surface area (Å²) in [5.41, 5.74) is 0. The molecule has 4 heteroatoms. The van der Waals surface area contributed by atoms with E-state index in [0.29, 0.717) is 6.42 Å². The summed E-state index contributed by atoms with van der Waals surface area (Å²) in [5, 5.41) is 10.3. The van der Waals surface area contributed by atoms with Gasteiger partial charge in [0.15, 0.2) is 0 Å². The molecule has 0 aromatic carbocycles. The predicted octanol–water partition coefficient (Wildman–Crippen LogP) is -3.31. The summed E-state index contributed by atoms with van der Waals surface area (Å²) in [7, 11) is 1.32. The Bertz CT molecular complexity index is 93.0. The SMILES string of the molecule is COC(=O)CCC(C)[O-].[Na+]. The molecule has 0 aliphatic carbocycles. The van der Waals surface area contributed by atoms with Crippen LogP contribution in [0.5, 0.6) is 0 Å². The van der Waals surface area contributed by atoms with Crippen molar-refractivity contribution in [3.05, 3.63) is 0 Å². The van der Waals surface area contributed by atoms with Gasteiger partial charge in [0.25, 0.3) is 0 Å². The van der Waals surface area contributed by atoms with E-state index in [1.165, 1.54) is 14.0 Å². The number of hydrogen-bond acceptors (Lipinski definition) is 3. The molecule has 0 aromatic rings. The van der Waals surface area contributed by atoms with Gasteiger partial charge in [-0.3, -0.25) is 4.79 Å². The Balaban J connectivity index is 0. The van der Waals surface area contributed by atoms with Crippen molar-refractivity contribution in [2.24, 2.45) is 0 Å². The minimum absolute atomic E-state index is 0. The van der Waals surface area contributed by atoms with Gasteiger partial charge in [0.1, 0.15) is 0 Å². The summed E-state index contributed by atoms with van der Waals surface area (Å²) in [6, 6.07) is 0. The second kappa shape index (κ2) is 7.54. The van der Waals surface area contributed by atoms with Gasteiger partial charge in [0.2, 0.25) is 0 Å². The molecule has 0 aliphatic heterocycles. The predicted molar refractivity (Wildman–Crippen MR) is 30.7 cm³/mol. The number of methoxy groups -OCH3 is 1. The average Bonchev–Trinajstić information content (AvgIpc) is 1.83. The van der Waals surface area contributed by atoms with Crippen LogP contribution in [-0.4, -0.2) is 19.2 Å². The molecule has 0 fully saturated rings. The van der Waals surface area contributed by atoms with E-state index < -0.39 is 6.10 Å². The molecular formula is C6H11NaO3. The van der Waals surface area contributed by atoms with Gasteiger partial charge < -0.3 is 9.84 Å². The Morgan fingerprint density at radius 1 is 1.70 bits per heavy atom. The van der Waals surface area contributed by atoms with E-state index in [9.17, 15) is 9.90 Å². The fourth-order valence-corrected chi connectivity index (χ4v) is 0.423. The van der Waals surface area contributed by atoms with Crippen molar-refractivity contribution in [3.63, 3.8) is 0 Å². The van der Waals surface area contributed by atoms with Crippen molar-refractivity contribution in [1.29, 1.82) is 0 Å². The number of esters is 1. The van der Waals surface area contributed by atoms with E-state index in [1.54, 1.807) is 0 Å². The number of rotatable bonds is 3. The third-order valence-electron chi connectivity index (χ3n) is 0.983. The second-order valence-electron chi connectivity index (χ2n) is 1.93. The van der Waals surface area contributed by atoms with E-state index >= 15 is 0 Å². The van der Waals surface area contributed by atoms with Crippen LogP contribution in [0.25, 0.3) is 0 Å². The molecule has 0 bridgehead atoms. The van der Waals surface area contributed by atoms with Crippen LogP contribution in [0.1, 0.15) is 19.8 Å². The van der Waals surface area contributed by atoms with E-state index in [2.05, 4.69) is 4.74 Å². The molecule has 0 heterocycles. The molecule has 1 atom stereocenters. The summed E-state index contributed by atoms with van der Waals surface area (Å²) in [6.07, 6.45) is -0.0579. The van der Waals surface area contributed by atoms with Crippen molar-refractivity contribution in [1.82, 2.24) is 0 Å². The molecule has 3 nitrogen and oxygen atoms in total. The molecule has 0 N–H and O–H groups in total. The Morgan fingerprint density at radius 2 is 2.20 bits per heavy atom. The standard InChI is InChI=1S/C6H11O3.Na/c1-5(7)3-4-6(8)9-2;/h5H,3-4H2,1-2H3;/q-1;+1. The van der Waals surface area contributed by atoms with Crippen molar-refractivity contribution in [3.8, 4) is 0 Å². The summed E-state index contributed by atoms with van der Waals surface area (Å²) in [5.74, 6) is -0.308. The minimum Gasteiger partial charge on any atom is -0.852 e. The van der Waals surface area contributed by atoms with E-state index in [4.69, 9.17) is 0 Å². The molecule has 0 amide bonds. The first-order valence-corrected chi connectivity index (χ1v) is 2.89. The molecule has 0 saturated heterocycles.